The molecule has 0 atom stereocenters. The molecule has 7 heteroatoms. The average molecular weight is 447 g/mol. The number of rotatable bonds is 6. The van der Waals surface area contributed by atoms with Crippen molar-refractivity contribution in [3.8, 4) is 0 Å². The number of methoxy groups -OCH3 is 1. The van der Waals surface area contributed by atoms with E-state index in [-0.39, 0.29) is 18.0 Å². The zero-order valence-corrected chi connectivity index (χ0v) is 18.3. The Kier molecular flexibility index (Phi) is 7.83. The molecule has 0 unspecified atom stereocenters. The first-order valence-electron chi connectivity index (χ1n) is 9.91. The number of nitrogens with one attached hydrogen (secondary N) is 1. The van der Waals surface area contributed by atoms with Gasteiger partial charge in [0.15, 0.2) is 5.11 Å². The lowest BCUT2D eigenvalue weighted by molar-refractivity contribution is -0.138. The summed E-state index contributed by atoms with van der Waals surface area (Å²) in [5.74, 6) is -1.32. The van der Waals surface area contributed by atoms with Crippen molar-refractivity contribution in [2.24, 2.45) is 0 Å². The summed E-state index contributed by atoms with van der Waals surface area (Å²) < 4.78 is 4.69. The van der Waals surface area contributed by atoms with E-state index < -0.39 is 17.8 Å². The number of ether oxygens (including phenoxy) is 1. The molecular weight excluding hydrogens is 424 g/mol. The molecule has 0 aromatic heterocycles. The maximum absolute atomic E-state index is 13.1. The Morgan fingerprint density at radius 1 is 0.781 bits per heavy atom. The molecule has 0 bridgehead atoms. The third kappa shape index (κ3) is 6.09. The van der Waals surface area contributed by atoms with Gasteiger partial charge in [-0.25, -0.2) is 9.69 Å². The summed E-state index contributed by atoms with van der Waals surface area (Å²) in [6, 6.07) is 24.7. The van der Waals surface area contributed by atoms with Crippen LogP contribution in [0.4, 0.5) is 5.69 Å². The minimum absolute atomic E-state index is 0.0299. The number of thiocarbonyl (C=S) groups is 1. The number of esters is 1. The van der Waals surface area contributed by atoms with Crippen LogP contribution in [0.3, 0.4) is 0 Å². The van der Waals surface area contributed by atoms with Gasteiger partial charge in [0.05, 0.1) is 25.5 Å². The van der Waals surface area contributed by atoms with Gasteiger partial charge in [0.25, 0.3) is 0 Å². The van der Waals surface area contributed by atoms with E-state index in [2.05, 4.69) is 10.1 Å². The van der Waals surface area contributed by atoms with Crippen molar-refractivity contribution >= 4 is 40.8 Å². The molecule has 0 spiro atoms. The van der Waals surface area contributed by atoms with Gasteiger partial charge in [-0.1, -0.05) is 60.7 Å². The van der Waals surface area contributed by atoms with E-state index >= 15 is 0 Å². The van der Waals surface area contributed by atoms with Crippen LogP contribution < -0.4 is 5.32 Å². The van der Waals surface area contributed by atoms with E-state index in [1.165, 1.54) is 7.11 Å². The van der Waals surface area contributed by atoms with Gasteiger partial charge in [-0.3, -0.25) is 9.59 Å². The predicted molar refractivity (Wildman–Crippen MR) is 126 cm³/mol. The highest BCUT2D eigenvalue weighted by molar-refractivity contribution is 7.80. The van der Waals surface area contributed by atoms with E-state index in [0.29, 0.717) is 11.3 Å². The van der Waals surface area contributed by atoms with Gasteiger partial charge < -0.3 is 10.1 Å². The molecule has 0 aliphatic rings. The molecule has 0 heterocycles. The lowest BCUT2D eigenvalue weighted by atomic mass is 10.1. The molecule has 0 aliphatic carbocycles. The van der Waals surface area contributed by atoms with E-state index in [9.17, 15) is 14.4 Å². The second-order valence-electron chi connectivity index (χ2n) is 6.95. The Hall–Kier alpha value is -3.84. The third-order valence-electron chi connectivity index (χ3n) is 4.66. The summed E-state index contributed by atoms with van der Waals surface area (Å²) >= 11 is 5.43. The van der Waals surface area contributed by atoms with Crippen LogP contribution in [0.25, 0.3) is 0 Å². The molecule has 3 aromatic rings. The first-order valence-corrected chi connectivity index (χ1v) is 10.3. The molecule has 2 amide bonds. The van der Waals surface area contributed by atoms with Gasteiger partial charge in [-0.15, -0.1) is 0 Å². The predicted octanol–water partition coefficient (Wildman–Crippen LogP) is 4.01. The molecule has 162 valence electrons. The molecule has 3 aromatic carbocycles. The first-order chi connectivity index (χ1) is 15.5. The standard InChI is InChI=1S/C25H22N2O4S/c1-31-24(30)20-12-14-21(15-13-20)26-25(32)27(22(28)16-18-8-4-2-5-9-18)23(29)17-19-10-6-3-7-11-19/h2-15H,16-17H2,1H3,(H,26,32). The summed E-state index contributed by atoms with van der Waals surface area (Å²) in [5.41, 5.74) is 2.47. The van der Waals surface area contributed by atoms with Gasteiger partial charge >= 0.3 is 5.97 Å². The fraction of sp³-hybridized carbons (Fsp3) is 0.120. The maximum Gasteiger partial charge on any atom is 0.337 e. The Morgan fingerprint density at radius 2 is 1.25 bits per heavy atom. The number of nitrogens with zero attached hydrogens (tertiary/aromatic N) is 1. The largest absolute Gasteiger partial charge is 0.465 e. The lowest BCUT2D eigenvalue weighted by Crippen LogP contribution is -2.45. The van der Waals surface area contributed by atoms with E-state index in [1.54, 1.807) is 24.3 Å². The Balaban J connectivity index is 1.80. The van der Waals surface area contributed by atoms with E-state index in [4.69, 9.17) is 12.2 Å². The molecule has 32 heavy (non-hydrogen) atoms. The summed E-state index contributed by atoms with van der Waals surface area (Å²) in [7, 11) is 1.30. The topological polar surface area (TPSA) is 75.7 Å². The van der Waals surface area contributed by atoms with Crippen molar-refractivity contribution in [2.75, 3.05) is 12.4 Å². The minimum Gasteiger partial charge on any atom is -0.465 e. The fourth-order valence-corrected chi connectivity index (χ4v) is 3.37. The number of anilines is 1. The van der Waals surface area contributed by atoms with Crippen molar-refractivity contribution in [2.45, 2.75) is 12.8 Å². The number of amides is 2. The molecule has 0 fully saturated rings. The normalized spacial score (nSPS) is 10.2. The highest BCUT2D eigenvalue weighted by Gasteiger charge is 2.26. The minimum atomic E-state index is -0.461. The quantitative estimate of drug-likeness (QED) is 0.456. The molecule has 0 radical (unpaired) electrons. The van der Waals surface area contributed by atoms with Crippen molar-refractivity contribution in [3.63, 3.8) is 0 Å². The van der Waals surface area contributed by atoms with E-state index in [0.717, 1.165) is 16.0 Å². The third-order valence-corrected chi connectivity index (χ3v) is 4.94. The van der Waals surface area contributed by atoms with Gasteiger partial charge in [0, 0.05) is 5.69 Å². The van der Waals surface area contributed by atoms with Gasteiger partial charge in [0.2, 0.25) is 11.8 Å². The smallest absolute Gasteiger partial charge is 0.337 e. The number of benzene rings is 3. The van der Waals surface area contributed by atoms with Gasteiger partial charge in [0.1, 0.15) is 0 Å². The van der Waals surface area contributed by atoms with Crippen molar-refractivity contribution < 1.29 is 19.1 Å². The SMILES string of the molecule is COC(=O)c1ccc(NC(=S)N(C(=O)Cc2ccccc2)C(=O)Cc2ccccc2)cc1. The van der Waals surface area contributed by atoms with Crippen LogP contribution in [0.15, 0.2) is 84.9 Å². The van der Waals surface area contributed by atoms with Crippen molar-refractivity contribution in [1.29, 1.82) is 0 Å². The van der Waals surface area contributed by atoms with Crippen molar-refractivity contribution in [3.05, 3.63) is 102 Å². The average Bonchev–Trinajstić information content (AvgIpc) is 2.80. The Bertz CT molecular complexity index is 1050. The first kappa shape index (κ1) is 22.8. The summed E-state index contributed by atoms with van der Waals surface area (Å²) in [6.07, 6.45) is 0.0644. The van der Waals surface area contributed by atoms with E-state index in [1.807, 2.05) is 60.7 Å². The summed E-state index contributed by atoms with van der Waals surface area (Å²) in [5, 5.41) is 2.89. The molecule has 6 nitrogen and oxygen atoms in total. The second kappa shape index (κ2) is 11.0. The summed E-state index contributed by atoms with van der Waals surface area (Å²) in [6.45, 7) is 0. The summed E-state index contributed by atoms with van der Waals surface area (Å²) in [4.78, 5) is 38.8. The molecule has 0 saturated carbocycles. The zero-order chi connectivity index (χ0) is 22.9. The van der Waals surface area contributed by atoms with Crippen molar-refractivity contribution in [1.82, 2.24) is 4.90 Å². The van der Waals surface area contributed by atoms with Crippen LogP contribution in [0, 0.1) is 0 Å². The molecule has 3 rings (SSSR count). The molecular formula is C25H22N2O4S. The monoisotopic (exact) mass is 446 g/mol. The lowest BCUT2D eigenvalue weighted by Gasteiger charge is -2.23. The molecule has 0 aliphatic heterocycles. The van der Waals surface area contributed by atoms with Crippen LogP contribution in [0.5, 0.6) is 0 Å². The number of hydrogen-bond donors (Lipinski definition) is 1. The number of imide groups is 1. The second-order valence-corrected chi connectivity index (χ2v) is 7.33. The number of carbonyl (C=O) groups is 3. The highest BCUT2D eigenvalue weighted by Crippen LogP contribution is 2.14. The van der Waals surface area contributed by atoms with Crippen LogP contribution in [0.2, 0.25) is 0 Å². The van der Waals surface area contributed by atoms with Crippen LogP contribution in [-0.2, 0) is 27.2 Å². The molecule has 0 saturated heterocycles. The molecule has 1 N–H and O–H groups in total. The number of carbonyl (C=O) groups excluding carboxylic acids is 3. The van der Waals surface area contributed by atoms with Gasteiger partial charge in [-0.05, 0) is 47.6 Å². The highest BCUT2D eigenvalue weighted by atomic mass is 32.1. The maximum atomic E-state index is 13.1. The van der Waals surface area contributed by atoms with Crippen LogP contribution in [0.1, 0.15) is 21.5 Å². The zero-order valence-electron chi connectivity index (χ0n) is 17.5. The van der Waals surface area contributed by atoms with Crippen LogP contribution in [-0.4, -0.2) is 34.9 Å². The Labute approximate surface area is 191 Å². The van der Waals surface area contributed by atoms with Crippen LogP contribution >= 0.6 is 12.2 Å². The van der Waals surface area contributed by atoms with Gasteiger partial charge in [-0.2, -0.15) is 0 Å². The Morgan fingerprint density at radius 3 is 1.69 bits per heavy atom. The number of hydrogen-bond acceptors (Lipinski definition) is 5. The fourth-order valence-electron chi connectivity index (χ4n) is 3.05.